The minimum Gasteiger partial charge on any atom is -0.495 e. The van der Waals surface area contributed by atoms with Gasteiger partial charge in [0.1, 0.15) is 5.75 Å². The highest BCUT2D eigenvalue weighted by Gasteiger charge is 2.05. The van der Waals surface area contributed by atoms with E-state index in [1.807, 2.05) is 17.8 Å². The van der Waals surface area contributed by atoms with Crippen LogP contribution < -0.4 is 10.1 Å². The monoisotopic (exact) mass is 277 g/mol. The zero-order valence-electron chi connectivity index (χ0n) is 11.5. The molecule has 0 fully saturated rings. The van der Waals surface area contributed by atoms with E-state index >= 15 is 0 Å². The number of benzene rings is 1. The quantitative estimate of drug-likeness (QED) is 0.881. The molecular formula is C14H19N3OS. The maximum atomic E-state index is 5.39. The number of rotatable bonds is 6. The summed E-state index contributed by atoms with van der Waals surface area (Å²) in [5.41, 5.74) is 4.13. The molecule has 0 spiro atoms. The van der Waals surface area contributed by atoms with Gasteiger partial charge < -0.3 is 15.0 Å². The second-order valence-corrected chi connectivity index (χ2v) is 5.56. The average molecular weight is 277 g/mol. The summed E-state index contributed by atoms with van der Waals surface area (Å²) in [7, 11) is 5.82. The maximum Gasteiger partial charge on any atom is 0.141 e. The first-order valence-electron chi connectivity index (χ1n) is 6.12. The summed E-state index contributed by atoms with van der Waals surface area (Å²) in [5.74, 6) is 0.868. The van der Waals surface area contributed by atoms with Crippen LogP contribution in [0, 0.1) is 0 Å². The van der Waals surface area contributed by atoms with E-state index in [-0.39, 0.29) is 0 Å². The van der Waals surface area contributed by atoms with Gasteiger partial charge in [-0.25, -0.2) is 0 Å². The van der Waals surface area contributed by atoms with Crippen molar-refractivity contribution in [3.05, 3.63) is 40.3 Å². The summed E-state index contributed by atoms with van der Waals surface area (Å²) >= 11 is 1.65. The molecule has 2 aromatic rings. The number of methoxy groups -OCH3 is 1. The Balaban J connectivity index is 2.11. The van der Waals surface area contributed by atoms with Gasteiger partial charge >= 0.3 is 0 Å². The highest BCUT2D eigenvalue weighted by Crippen LogP contribution is 2.26. The van der Waals surface area contributed by atoms with E-state index < -0.39 is 0 Å². The number of ether oxygens (including phenoxy) is 1. The SMILES string of the molecule is COc1ccc(CN(C)C)cc1NCc1cncs1. The fraction of sp³-hybridized carbons (Fsp3) is 0.357. The number of nitrogens with zero attached hydrogens (tertiary/aromatic N) is 2. The summed E-state index contributed by atoms with van der Waals surface area (Å²) in [6.07, 6.45) is 1.88. The first-order valence-corrected chi connectivity index (χ1v) is 7.00. The van der Waals surface area contributed by atoms with Crippen LogP contribution in [-0.2, 0) is 13.1 Å². The van der Waals surface area contributed by atoms with Crippen LogP contribution in [0.3, 0.4) is 0 Å². The van der Waals surface area contributed by atoms with Crippen LogP contribution in [0.2, 0.25) is 0 Å². The minimum absolute atomic E-state index is 0.770. The Morgan fingerprint density at radius 2 is 2.21 bits per heavy atom. The van der Waals surface area contributed by atoms with Crippen LogP contribution in [0.15, 0.2) is 29.9 Å². The van der Waals surface area contributed by atoms with E-state index in [0.717, 1.165) is 24.5 Å². The Kier molecular flexibility index (Phi) is 4.76. The number of hydrogen-bond donors (Lipinski definition) is 1. The van der Waals surface area contributed by atoms with Crippen molar-refractivity contribution in [1.29, 1.82) is 0 Å². The molecule has 0 bridgehead atoms. The molecule has 0 saturated heterocycles. The molecule has 0 radical (unpaired) electrons. The molecule has 2 rings (SSSR count). The van der Waals surface area contributed by atoms with Crippen molar-refractivity contribution in [2.75, 3.05) is 26.5 Å². The van der Waals surface area contributed by atoms with Crippen LogP contribution >= 0.6 is 11.3 Å². The van der Waals surface area contributed by atoms with Crippen molar-refractivity contribution in [3.63, 3.8) is 0 Å². The molecule has 19 heavy (non-hydrogen) atoms. The summed E-state index contributed by atoms with van der Waals surface area (Å²) in [4.78, 5) is 7.43. The number of nitrogens with one attached hydrogen (secondary N) is 1. The van der Waals surface area contributed by atoms with Crippen molar-refractivity contribution < 1.29 is 4.74 Å². The zero-order valence-corrected chi connectivity index (χ0v) is 12.3. The van der Waals surface area contributed by atoms with E-state index in [4.69, 9.17) is 4.74 Å². The van der Waals surface area contributed by atoms with Gasteiger partial charge in [-0.15, -0.1) is 11.3 Å². The predicted octanol–water partition coefficient (Wildman–Crippen LogP) is 2.83. The Bertz CT molecular complexity index is 511. The predicted molar refractivity (Wildman–Crippen MR) is 79.8 cm³/mol. The molecule has 4 nitrogen and oxygen atoms in total. The summed E-state index contributed by atoms with van der Waals surface area (Å²) in [5, 5.41) is 3.41. The van der Waals surface area contributed by atoms with E-state index in [0.29, 0.717) is 0 Å². The van der Waals surface area contributed by atoms with Gasteiger partial charge in [-0.3, -0.25) is 4.98 Å². The molecule has 0 saturated carbocycles. The van der Waals surface area contributed by atoms with Gasteiger partial charge in [-0.05, 0) is 31.8 Å². The lowest BCUT2D eigenvalue weighted by Crippen LogP contribution is -2.11. The van der Waals surface area contributed by atoms with E-state index in [1.165, 1.54) is 10.4 Å². The Labute approximate surface area is 118 Å². The lowest BCUT2D eigenvalue weighted by atomic mass is 10.1. The molecule has 1 aromatic carbocycles. The standard InChI is InChI=1S/C14H19N3OS/c1-17(2)9-11-4-5-14(18-3)13(6-11)16-8-12-7-15-10-19-12/h4-7,10,16H,8-9H2,1-3H3. The average Bonchev–Trinajstić information content (AvgIpc) is 2.89. The fourth-order valence-corrected chi connectivity index (χ4v) is 2.40. The van der Waals surface area contributed by atoms with Crippen molar-refractivity contribution in [3.8, 4) is 5.75 Å². The molecule has 1 N–H and O–H groups in total. The van der Waals surface area contributed by atoms with E-state index in [1.54, 1.807) is 18.4 Å². The van der Waals surface area contributed by atoms with Crippen LogP contribution in [0.5, 0.6) is 5.75 Å². The molecule has 0 aliphatic carbocycles. The van der Waals surface area contributed by atoms with Gasteiger partial charge in [-0.1, -0.05) is 6.07 Å². The third-order valence-electron chi connectivity index (χ3n) is 2.70. The zero-order chi connectivity index (χ0) is 13.7. The largest absolute Gasteiger partial charge is 0.495 e. The topological polar surface area (TPSA) is 37.4 Å². The van der Waals surface area contributed by atoms with Gasteiger partial charge in [-0.2, -0.15) is 0 Å². The molecule has 102 valence electrons. The molecule has 0 amide bonds. The second kappa shape index (κ2) is 6.54. The second-order valence-electron chi connectivity index (χ2n) is 4.59. The van der Waals surface area contributed by atoms with Crippen molar-refractivity contribution in [1.82, 2.24) is 9.88 Å². The third-order valence-corrected chi connectivity index (χ3v) is 3.48. The maximum absolute atomic E-state index is 5.39. The van der Waals surface area contributed by atoms with E-state index in [9.17, 15) is 0 Å². The van der Waals surface area contributed by atoms with Crippen LogP contribution in [0.4, 0.5) is 5.69 Å². The molecule has 0 atom stereocenters. The Morgan fingerprint density at radius 3 is 2.84 bits per heavy atom. The van der Waals surface area contributed by atoms with Gasteiger partial charge in [0.25, 0.3) is 0 Å². The normalized spacial score (nSPS) is 10.7. The van der Waals surface area contributed by atoms with Crippen molar-refractivity contribution in [2.24, 2.45) is 0 Å². The summed E-state index contributed by atoms with van der Waals surface area (Å²) < 4.78 is 5.39. The lowest BCUT2D eigenvalue weighted by molar-refractivity contribution is 0.400. The van der Waals surface area contributed by atoms with Crippen LogP contribution in [0.25, 0.3) is 0 Å². The molecule has 0 unspecified atom stereocenters. The highest BCUT2D eigenvalue weighted by atomic mass is 32.1. The van der Waals surface area contributed by atoms with Gasteiger partial charge in [0.2, 0.25) is 0 Å². The molecule has 1 heterocycles. The third kappa shape index (κ3) is 3.94. The lowest BCUT2D eigenvalue weighted by Gasteiger charge is -2.14. The number of anilines is 1. The van der Waals surface area contributed by atoms with Crippen LogP contribution in [0.1, 0.15) is 10.4 Å². The van der Waals surface area contributed by atoms with Gasteiger partial charge in [0.05, 0.1) is 24.9 Å². The number of aromatic nitrogens is 1. The Morgan fingerprint density at radius 1 is 1.37 bits per heavy atom. The fourth-order valence-electron chi connectivity index (χ4n) is 1.87. The van der Waals surface area contributed by atoms with Crippen molar-refractivity contribution >= 4 is 17.0 Å². The molecular weight excluding hydrogens is 258 g/mol. The molecule has 0 aliphatic rings. The first-order chi connectivity index (χ1) is 9.19. The Hall–Kier alpha value is -1.59. The van der Waals surface area contributed by atoms with Crippen LogP contribution in [-0.4, -0.2) is 31.1 Å². The minimum atomic E-state index is 0.770. The first kappa shape index (κ1) is 13.8. The summed E-state index contributed by atoms with van der Waals surface area (Å²) in [6, 6.07) is 6.24. The highest BCUT2D eigenvalue weighted by molar-refractivity contribution is 7.09. The molecule has 0 aliphatic heterocycles. The number of hydrogen-bond acceptors (Lipinski definition) is 5. The van der Waals surface area contributed by atoms with Gasteiger partial charge in [0.15, 0.2) is 0 Å². The van der Waals surface area contributed by atoms with E-state index in [2.05, 4.69) is 41.4 Å². The van der Waals surface area contributed by atoms with Crippen molar-refractivity contribution in [2.45, 2.75) is 13.1 Å². The summed E-state index contributed by atoms with van der Waals surface area (Å²) in [6.45, 7) is 1.69. The molecule has 1 aromatic heterocycles. The molecule has 5 heteroatoms. The smallest absolute Gasteiger partial charge is 0.141 e. The number of thiazole rings is 1. The van der Waals surface area contributed by atoms with Gasteiger partial charge in [0, 0.05) is 17.6 Å².